The molecule has 128 valence electrons. The third kappa shape index (κ3) is 4.77. The number of thiazole rings is 1. The van der Waals surface area contributed by atoms with Crippen molar-refractivity contribution in [2.45, 2.75) is 0 Å². The summed E-state index contributed by atoms with van der Waals surface area (Å²) < 4.78 is 10.3. The Labute approximate surface area is 144 Å². The molecule has 2 aromatic rings. The third-order valence-electron chi connectivity index (χ3n) is 3.20. The van der Waals surface area contributed by atoms with E-state index >= 15 is 0 Å². The number of hydrogen-bond acceptors (Lipinski definition) is 6. The molecule has 1 N–H and O–H groups in total. The molecular formula is C16H19N3O4S. The van der Waals surface area contributed by atoms with E-state index in [1.165, 1.54) is 23.3 Å². The molecule has 1 heterocycles. The Balaban J connectivity index is 2.11. The smallest absolute Gasteiger partial charge is 0.258 e. The Morgan fingerprint density at radius 2 is 2.08 bits per heavy atom. The zero-order chi connectivity index (χ0) is 17.4. The number of ether oxygens (including phenoxy) is 2. The number of carbonyl (C=O) groups is 2. The van der Waals surface area contributed by atoms with Crippen molar-refractivity contribution >= 4 is 28.3 Å². The SMILES string of the molecule is COCCN(CC(=O)Nc1nccs1)C(=O)c1ccccc1OC. The first-order valence-corrected chi connectivity index (χ1v) is 8.14. The van der Waals surface area contributed by atoms with E-state index in [0.29, 0.717) is 29.6 Å². The minimum atomic E-state index is -0.315. The Hall–Kier alpha value is -2.45. The molecule has 1 aromatic carbocycles. The van der Waals surface area contributed by atoms with E-state index in [0.717, 1.165) is 0 Å². The topological polar surface area (TPSA) is 80.8 Å². The molecule has 2 amide bonds. The Kier molecular flexibility index (Phi) is 6.71. The first-order valence-electron chi connectivity index (χ1n) is 7.26. The summed E-state index contributed by atoms with van der Waals surface area (Å²) in [6.45, 7) is 0.518. The number of nitrogens with zero attached hydrogens (tertiary/aromatic N) is 2. The van der Waals surface area contributed by atoms with Crippen LogP contribution in [0.25, 0.3) is 0 Å². The van der Waals surface area contributed by atoms with E-state index in [-0.39, 0.29) is 18.4 Å². The molecule has 0 saturated carbocycles. The molecule has 0 fully saturated rings. The number of methoxy groups -OCH3 is 2. The van der Waals surface area contributed by atoms with Crippen molar-refractivity contribution < 1.29 is 19.1 Å². The third-order valence-corrected chi connectivity index (χ3v) is 3.89. The van der Waals surface area contributed by atoms with E-state index in [9.17, 15) is 9.59 Å². The standard InChI is InChI=1S/C16H19N3O4S/c1-22-9-8-19(11-14(20)18-16-17-7-10-24-16)15(21)12-5-3-4-6-13(12)23-2/h3-7,10H,8-9,11H2,1-2H3,(H,17,18,20). The van der Waals surface area contributed by atoms with E-state index in [1.807, 2.05) is 0 Å². The maximum absolute atomic E-state index is 12.8. The molecule has 0 bridgehead atoms. The summed E-state index contributed by atoms with van der Waals surface area (Å²) in [5, 5.41) is 4.93. The highest BCUT2D eigenvalue weighted by Crippen LogP contribution is 2.19. The number of benzene rings is 1. The Bertz CT molecular complexity index is 676. The molecule has 0 aliphatic heterocycles. The highest BCUT2D eigenvalue weighted by molar-refractivity contribution is 7.13. The fourth-order valence-electron chi connectivity index (χ4n) is 2.06. The van der Waals surface area contributed by atoms with Crippen molar-refractivity contribution in [1.29, 1.82) is 0 Å². The van der Waals surface area contributed by atoms with Gasteiger partial charge in [-0.25, -0.2) is 4.98 Å². The summed E-state index contributed by atoms with van der Waals surface area (Å²) in [6.07, 6.45) is 1.60. The minimum absolute atomic E-state index is 0.0974. The lowest BCUT2D eigenvalue weighted by atomic mass is 10.1. The fraction of sp³-hybridized carbons (Fsp3) is 0.312. The predicted octanol–water partition coefficient (Wildman–Crippen LogP) is 1.88. The van der Waals surface area contributed by atoms with Gasteiger partial charge in [0.1, 0.15) is 12.3 Å². The van der Waals surface area contributed by atoms with Crippen molar-refractivity contribution in [1.82, 2.24) is 9.88 Å². The van der Waals surface area contributed by atoms with Crippen molar-refractivity contribution in [3.63, 3.8) is 0 Å². The lowest BCUT2D eigenvalue weighted by Crippen LogP contribution is -2.40. The number of para-hydroxylation sites is 1. The molecule has 0 saturated heterocycles. The van der Waals surface area contributed by atoms with Gasteiger partial charge in [0.25, 0.3) is 5.91 Å². The highest BCUT2D eigenvalue weighted by Gasteiger charge is 2.21. The van der Waals surface area contributed by atoms with Crippen LogP contribution in [-0.2, 0) is 9.53 Å². The molecule has 0 unspecified atom stereocenters. The van der Waals surface area contributed by atoms with Crippen LogP contribution >= 0.6 is 11.3 Å². The van der Waals surface area contributed by atoms with Crippen LogP contribution in [0.2, 0.25) is 0 Å². The van der Waals surface area contributed by atoms with Crippen LogP contribution in [0.1, 0.15) is 10.4 Å². The van der Waals surface area contributed by atoms with Crippen LogP contribution < -0.4 is 10.1 Å². The van der Waals surface area contributed by atoms with Gasteiger partial charge >= 0.3 is 0 Å². The summed E-state index contributed by atoms with van der Waals surface area (Å²) in [4.78, 5) is 30.3. The largest absolute Gasteiger partial charge is 0.496 e. The summed E-state index contributed by atoms with van der Waals surface area (Å²) in [5.41, 5.74) is 0.401. The quantitative estimate of drug-likeness (QED) is 0.787. The van der Waals surface area contributed by atoms with E-state index in [4.69, 9.17) is 9.47 Å². The van der Waals surface area contributed by atoms with Gasteiger partial charge in [-0.1, -0.05) is 12.1 Å². The maximum atomic E-state index is 12.8. The van der Waals surface area contributed by atoms with Crippen molar-refractivity contribution in [2.75, 3.05) is 39.2 Å². The normalized spacial score (nSPS) is 10.2. The molecule has 24 heavy (non-hydrogen) atoms. The summed E-state index contributed by atoms with van der Waals surface area (Å²) in [5.74, 6) is -0.145. The molecule has 1 aromatic heterocycles. The molecule has 0 aliphatic rings. The van der Waals surface area contributed by atoms with Gasteiger partial charge in [-0.2, -0.15) is 0 Å². The van der Waals surface area contributed by atoms with Gasteiger partial charge < -0.3 is 19.7 Å². The van der Waals surface area contributed by atoms with Gasteiger partial charge in [-0.05, 0) is 12.1 Å². The molecule has 0 radical (unpaired) electrons. The van der Waals surface area contributed by atoms with Crippen molar-refractivity contribution in [3.05, 3.63) is 41.4 Å². The van der Waals surface area contributed by atoms with E-state index in [2.05, 4.69) is 10.3 Å². The lowest BCUT2D eigenvalue weighted by molar-refractivity contribution is -0.117. The van der Waals surface area contributed by atoms with Crippen molar-refractivity contribution in [3.8, 4) is 5.75 Å². The van der Waals surface area contributed by atoms with Crippen LogP contribution in [0.5, 0.6) is 5.75 Å². The highest BCUT2D eigenvalue weighted by atomic mass is 32.1. The fourth-order valence-corrected chi connectivity index (χ4v) is 2.61. The number of carbonyl (C=O) groups excluding carboxylic acids is 2. The second kappa shape index (κ2) is 8.99. The van der Waals surface area contributed by atoms with Gasteiger partial charge in [0.2, 0.25) is 5.91 Å². The van der Waals surface area contributed by atoms with Crippen LogP contribution in [0, 0.1) is 0 Å². The van der Waals surface area contributed by atoms with Gasteiger partial charge in [-0.3, -0.25) is 9.59 Å². The van der Waals surface area contributed by atoms with Gasteiger partial charge in [0.15, 0.2) is 5.13 Å². The molecule has 0 spiro atoms. The summed E-state index contributed by atoms with van der Waals surface area (Å²) >= 11 is 1.32. The average molecular weight is 349 g/mol. The number of hydrogen-bond donors (Lipinski definition) is 1. The first kappa shape index (κ1) is 17.9. The zero-order valence-corrected chi connectivity index (χ0v) is 14.3. The van der Waals surface area contributed by atoms with E-state index < -0.39 is 0 Å². The number of anilines is 1. The first-order chi connectivity index (χ1) is 11.7. The molecular weight excluding hydrogens is 330 g/mol. The molecule has 0 aliphatic carbocycles. The predicted molar refractivity (Wildman–Crippen MR) is 91.5 cm³/mol. The second-order valence-electron chi connectivity index (χ2n) is 4.81. The summed E-state index contributed by atoms with van der Waals surface area (Å²) in [6, 6.07) is 6.90. The number of rotatable bonds is 8. The molecule has 8 heteroatoms. The van der Waals surface area contributed by atoms with Gasteiger partial charge in [-0.15, -0.1) is 11.3 Å². The number of aromatic nitrogens is 1. The minimum Gasteiger partial charge on any atom is -0.496 e. The lowest BCUT2D eigenvalue weighted by Gasteiger charge is -2.22. The maximum Gasteiger partial charge on any atom is 0.258 e. The molecule has 2 rings (SSSR count). The van der Waals surface area contributed by atoms with Crippen LogP contribution in [-0.4, -0.2) is 55.6 Å². The van der Waals surface area contributed by atoms with Gasteiger partial charge in [0, 0.05) is 25.2 Å². The zero-order valence-electron chi connectivity index (χ0n) is 13.5. The van der Waals surface area contributed by atoms with Crippen LogP contribution in [0.4, 0.5) is 5.13 Å². The molecule has 7 nitrogen and oxygen atoms in total. The average Bonchev–Trinajstić information content (AvgIpc) is 3.10. The van der Waals surface area contributed by atoms with Crippen molar-refractivity contribution in [2.24, 2.45) is 0 Å². The summed E-state index contributed by atoms with van der Waals surface area (Å²) in [7, 11) is 3.04. The van der Waals surface area contributed by atoms with Crippen LogP contribution in [0.3, 0.4) is 0 Å². The number of nitrogens with one attached hydrogen (secondary N) is 1. The molecule has 0 atom stereocenters. The second-order valence-corrected chi connectivity index (χ2v) is 5.70. The van der Waals surface area contributed by atoms with Gasteiger partial charge in [0.05, 0.1) is 19.3 Å². The van der Waals surface area contributed by atoms with E-state index in [1.54, 1.807) is 43.0 Å². The monoisotopic (exact) mass is 349 g/mol. The Morgan fingerprint density at radius 1 is 1.29 bits per heavy atom. The number of amides is 2. The van der Waals surface area contributed by atoms with Crippen LogP contribution in [0.15, 0.2) is 35.8 Å². The Morgan fingerprint density at radius 3 is 2.75 bits per heavy atom.